The summed E-state index contributed by atoms with van der Waals surface area (Å²) in [6.45, 7) is -0.978. The Morgan fingerprint density at radius 1 is 1.02 bits per heavy atom. The van der Waals surface area contributed by atoms with Crippen molar-refractivity contribution in [3.63, 3.8) is 0 Å². The molecule has 40 heavy (non-hydrogen) atoms. The number of carbonyl (C=O) groups is 2. The fourth-order valence-corrected chi connectivity index (χ4v) is 5.02. The number of ether oxygens (including phenoxy) is 1. The van der Waals surface area contributed by atoms with E-state index in [4.69, 9.17) is 19.6 Å². The van der Waals surface area contributed by atoms with Crippen molar-refractivity contribution in [1.29, 1.82) is 0 Å². The van der Waals surface area contributed by atoms with Gasteiger partial charge in [-0.15, -0.1) is 0 Å². The zero-order valence-electron chi connectivity index (χ0n) is 19.5. The SMILES string of the molecule is O=C(O)[C@@H](O)[C@@H](O)[C@H](O)[C@@H](O)C(=O)Nc1ncnc2c1ncn2[C@@H]1O[C@H](COP(=O)(O)OP(=O)(O)O)[C@@H](O)[C@H]1O. The van der Waals surface area contributed by atoms with Gasteiger partial charge in [-0.2, -0.15) is 4.31 Å². The fourth-order valence-electron chi connectivity index (χ4n) is 3.42. The lowest BCUT2D eigenvalue weighted by atomic mass is 10.0. The number of nitrogens with one attached hydrogen (secondary N) is 1. The molecule has 1 aliphatic heterocycles. The van der Waals surface area contributed by atoms with Gasteiger partial charge in [0.15, 0.2) is 35.4 Å². The smallest absolute Gasteiger partial charge is 0.479 e. The number of phosphoric ester groups is 1. The number of phosphoric acid groups is 2. The number of nitrogens with zero attached hydrogens (tertiary/aromatic N) is 4. The summed E-state index contributed by atoms with van der Waals surface area (Å²) in [5.74, 6) is -3.73. The molecule has 2 aromatic rings. The van der Waals surface area contributed by atoms with Crippen LogP contribution in [0.4, 0.5) is 5.82 Å². The van der Waals surface area contributed by atoms with Crippen molar-refractivity contribution in [2.45, 2.75) is 49.0 Å². The van der Waals surface area contributed by atoms with Gasteiger partial charge >= 0.3 is 21.6 Å². The van der Waals surface area contributed by atoms with Crippen molar-refractivity contribution >= 4 is 44.5 Å². The molecular formula is C16H23N5O17P2. The summed E-state index contributed by atoms with van der Waals surface area (Å²) in [6.07, 6.45) is -14.5. The second kappa shape index (κ2) is 12.1. The summed E-state index contributed by atoms with van der Waals surface area (Å²) in [5.41, 5.74) is -0.360. The molecular weight excluding hydrogens is 596 g/mol. The van der Waals surface area contributed by atoms with E-state index in [1.54, 1.807) is 0 Å². The zero-order valence-corrected chi connectivity index (χ0v) is 21.3. The number of hydrogen-bond donors (Lipinski definition) is 11. The van der Waals surface area contributed by atoms with Crippen molar-refractivity contribution in [3.8, 4) is 0 Å². The van der Waals surface area contributed by atoms with E-state index in [0.717, 1.165) is 17.2 Å². The van der Waals surface area contributed by atoms with Crippen LogP contribution in [-0.4, -0.2) is 131 Å². The first-order valence-electron chi connectivity index (χ1n) is 10.6. The third-order valence-electron chi connectivity index (χ3n) is 5.34. The van der Waals surface area contributed by atoms with Crippen LogP contribution in [-0.2, 0) is 32.3 Å². The minimum absolute atomic E-state index is 0.155. The largest absolute Gasteiger partial charge is 0.481 e. The van der Waals surface area contributed by atoms with E-state index in [1.807, 2.05) is 0 Å². The van der Waals surface area contributed by atoms with Crippen molar-refractivity contribution in [2.24, 2.45) is 0 Å². The molecule has 1 fully saturated rings. The summed E-state index contributed by atoms with van der Waals surface area (Å²) in [6, 6.07) is 0. The van der Waals surface area contributed by atoms with E-state index >= 15 is 0 Å². The standard InChI is InChI=1S/C16H23N5O17P2/c22-6-4(1-36-40(34,35)38-39(31,32)33)37-15(10(6)26)21-3-19-5-12(17-2-18-13(5)21)20-14(28)9(25)7(23)8(24)11(27)16(29)30/h2-4,6-11,15,22-27H,1H2,(H,29,30)(H,34,35)(H2,31,32,33)(H,17,18,20,28)/t4-,6-,7+,8+,9-,10-,11+,15-/m1/s1. The number of fused-ring (bicyclic) bond motifs is 1. The van der Waals surface area contributed by atoms with Gasteiger partial charge < -0.3 is 60.5 Å². The molecule has 9 atom stereocenters. The Kier molecular flexibility index (Phi) is 9.71. The van der Waals surface area contributed by atoms with E-state index in [-0.39, 0.29) is 11.2 Å². The summed E-state index contributed by atoms with van der Waals surface area (Å²) in [5, 5.41) is 70.2. The van der Waals surface area contributed by atoms with Crippen molar-refractivity contribution in [2.75, 3.05) is 11.9 Å². The van der Waals surface area contributed by atoms with E-state index in [0.29, 0.717) is 0 Å². The van der Waals surface area contributed by atoms with Crippen LogP contribution in [0, 0.1) is 0 Å². The fraction of sp³-hybridized carbons (Fsp3) is 0.562. The lowest BCUT2D eigenvalue weighted by Gasteiger charge is -2.23. The highest BCUT2D eigenvalue weighted by Gasteiger charge is 2.46. The maximum absolute atomic E-state index is 12.4. The molecule has 22 nitrogen and oxygen atoms in total. The van der Waals surface area contributed by atoms with Gasteiger partial charge in [-0.1, -0.05) is 0 Å². The molecule has 0 aromatic carbocycles. The average molecular weight is 619 g/mol. The Morgan fingerprint density at radius 3 is 2.25 bits per heavy atom. The van der Waals surface area contributed by atoms with Gasteiger partial charge in [0, 0.05) is 0 Å². The third kappa shape index (κ3) is 7.21. The molecule has 0 aliphatic carbocycles. The van der Waals surface area contributed by atoms with Gasteiger partial charge in [0.05, 0.1) is 12.9 Å². The van der Waals surface area contributed by atoms with Gasteiger partial charge in [0.1, 0.15) is 36.8 Å². The predicted molar refractivity (Wildman–Crippen MR) is 120 cm³/mol. The Morgan fingerprint density at radius 2 is 1.65 bits per heavy atom. The van der Waals surface area contributed by atoms with Gasteiger partial charge in [-0.3, -0.25) is 13.9 Å². The average Bonchev–Trinajstić information content (AvgIpc) is 3.40. The number of hydrogen-bond acceptors (Lipinski definition) is 16. The maximum Gasteiger partial charge on any atom is 0.481 e. The number of carboxylic acid groups (broad SMARTS) is 1. The summed E-state index contributed by atoms with van der Waals surface area (Å²) >= 11 is 0. The normalized spacial score (nSPS) is 26.1. The van der Waals surface area contributed by atoms with Crippen LogP contribution in [0.3, 0.4) is 0 Å². The van der Waals surface area contributed by atoms with Crippen molar-refractivity contribution < 1.29 is 82.7 Å². The molecule has 0 radical (unpaired) electrons. The molecule has 3 rings (SSSR count). The van der Waals surface area contributed by atoms with E-state index in [9.17, 15) is 54.3 Å². The quantitative estimate of drug-likeness (QED) is 0.0992. The summed E-state index contributed by atoms with van der Waals surface area (Å²) < 4.78 is 36.9. The third-order valence-corrected chi connectivity index (χ3v) is 7.49. The molecule has 224 valence electrons. The Hall–Kier alpha value is -2.53. The number of aromatic nitrogens is 4. The van der Waals surface area contributed by atoms with Crippen LogP contribution in [0.15, 0.2) is 12.7 Å². The molecule has 1 unspecified atom stereocenters. The van der Waals surface area contributed by atoms with Crippen molar-refractivity contribution in [1.82, 2.24) is 19.5 Å². The van der Waals surface area contributed by atoms with Crippen LogP contribution < -0.4 is 5.32 Å². The topological polar surface area (TPSA) is 354 Å². The molecule has 0 spiro atoms. The Bertz CT molecular complexity index is 1340. The van der Waals surface area contributed by atoms with Gasteiger partial charge in [-0.25, -0.2) is 28.9 Å². The van der Waals surface area contributed by atoms with E-state index in [2.05, 4.69) is 29.1 Å². The number of anilines is 1. The Labute approximate surface area is 220 Å². The monoisotopic (exact) mass is 619 g/mol. The number of aliphatic hydroxyl groups is 6. The first-order chi connectivity index (χ1) is 18.4. The highest BCUT2D eigenvalue weighted by Crippen LogP contribution is 2.57. The second-order valence-electron chi connectivity index (χ2n) is 8.13. The Balaban J connectivity index is 1.75. The molecule has 11 N–H and O–H groups in total. The number of aliphatic carboxylic acids is 1. The van der Waals surface area contributed by atoms with Gasteiger partial charge in [0.2, 0.25) is 0 Å². The van der Waals surface area contributed by atoms with Gasteiger partial charge in [-0.05, 0) is 0 Å². The second-order valence-corrected chi connectivity index (χ2v) is 11.0. The van der Waals surface area contributed by atoms with E-state index < -0.39 is 88.9 Å². The highest BCUT2D eigenvalue weighted by atomic mass is 31.3. The number of aliphatic hydroxyl groups excluding tert-OH is 6. The molecule has 2 aromatic heterocycles. The number of carboxylic acids is 1. The van der Waals surface area contributed by atoms with Crippen LogP contribution >= 0.6 is 15.6 Å². The van der Waals surface area contributed by atoms with Crippen LogP contribution in [0.1, 0.15) is 6.23 Å². The zero-order chi connectivity index (χ0) is 30.2. The predicted octanol–water partition coefficient (Wildman–Crippen LogP) is -4.86. The first-order valence-corrected chi connectivity index (χ1v) is 13.7. The number of rotatable bonds is 12. The number of imidazole rings is 1. The minimum Gasteiger partial charge on any atom is -0.479 e. The van der Waals surface area contributed by atoms with Crippen LogP contribution in [0.25, 0.3) is 11.2 Å². The lowest BCUT2D eigenvalue weighted by molar-refractivity contribution is -0.165. The molecule has 1 amide bonds. The van der Waals surface area contributed by atoms with Crippen molar-refractivity contribution in [3.05, 3.63) is 12.7 Å². The first kappa shape index (κ1) is 32.0. The molecule has 24 heteroatoms. The summed E-state index contributed by atoms with van der Waals surface area (Å²) in [7, 11) is -10.7. The summed E-state index contributed by atoms with van der Waals surface area (Å²) in [4.78, 5) is 61.4. The molecule has 0 bridgehead atoms. The minimum atomic E-state index is -5.42. The maximum atomic E-state index is 12.4. The lowest BCUT2D eigenvalue weighted by Crippen LogP contribution is -2.51. The van der Waals surface area contributed by atoms with E-state index in [1.165, 1.54) is 0 Å². The highest BCUT2D eigenvalue weighted by molar-refractivity contribution is 7.60. The number of carbonyl (C=O) groups excluding carboxylic acids is 1. The number of amides is 1. The van der Waals surface area contributed by atoms with Crippen LogP contribution in [0.5, 0.6) is 0 Å². The molecule has 0 saturated carbocycles. The molecule has 1 saturated heterocycles. The van der Waals surface area contributed by atoms with Crippen LogP contribution in [0.2, 0.25) is 0 Å². The molecule has 3 heterocycles. The molecule has 1 aliphatic rings. The van der Waals surface area contributed by atoms with Gasteiger partial charge in [0.25, 0.3) is 5.91 Å².